The molecule has 1 heterocycles. The molecule has 0 fully saturated rings. The summed E-state index contributed by atoms with van der Waals surface area (Å²) in [6.07, 6.45) is 1.94. The van der Waals surface area contributed by atoms with Gasteiger partial charge in [0, 0.05) is 16.7 Å². The van der Waals surface area contributed by atoms with Gasteiger partial charge in [-0.1, -0.05) is 30.3 Å². The molecule has 106 valence electrons. The summed E-state index contributed by atoms with van der Waals surface area (Å²) in [6.45, 7) is 6.11. The predicted molar refractivity (Wildman–Crippen MR) is 84.8 cm³/mol. The lowest BCUT2D eigenvalue weighted by Crippen LogP contribution is -2.28. The molecule has 0 aliphatic rings. The number of rotatable bonds is 4. The highest BCUT2D eigenvalue weighted by molar-refractivity contribution is 9.10. The highest BCUT2D eigenvalue weighted by Gasteiger charge is 2.17. The van der Waals surface area contributed by atoms with Crippen molar-refractivity contribution in [3.63, 3.8) is 0 Å². The Hall–Kier alpha value is -1.55. The van der Waals surface area contributed by atoms with Gasteiger partial charge in [0.25, 0.3) is 5.91 Å². The first-order valence-corrected chi connectivity index (χ1v) is 7.51. The van der Waals surface area contributed by atoms with E-state index in [9.17, 15) is 4.79 Å². The number of hydrogen-bond donors (Lipinski definition) is 1. The molecule has 0 saturated carbocycles. The summed E-state index contributed by atoms with van der Waals surface area (Å²) in [5.41, 5.74) is 1.78. The average Bonchev–Trinajstić information content (AvgIpc) is 2.82. The van der Waals surface area contributed by atoms with Gasteiger partial charge in [-0.15, -0.1) is 0 Å². The van der Waals surface area contributed by atoms with Gasteiger partial charge in [0.1, 0.15) is 5.69 Å². The first-order valence-electron chi connectivity index (χ1n) is 6.72. The van der Waals surface area contributed by atoms with Crippen LogP contribution in [0.5, 0.6) is 0 Å². The molecule has 0 radical (unpaired) electrons. The standard InChI is InChI=1S/C16H19BrN2O/c1-11(2)19-10-14(17)9-15(19)16(20)18-12(3)13-7-5-4-6-8-13/h4-12H,1-3H3,(H,18,20)/t12-/m1/s1. The Balaban J connectivity index is 2.16. The van der Waals surface area contributed by atoms with E-state index in [4.69, 9.17) is 0 Å². The van der Waals surface area contributed by atoms with Crippen LogP contribution >= 0.6 is 15.9 Å². The summed E-state index contributed by atoms with van der Waals surface area (Å²) in [5.74, 6) is -0.0549. The number of hydrogen-bond acceptors (Lipinski definition) is 1. The largest absolute Gasteiger partial charge is 0.344 e. The van der Waals surface area contributed by atoms with Gasteiger partial charge < -0.3 is 9.88 Å². The molecule has 0 saturated heterocycles. The maximum Gasteiger partial charge on any atom is 0.268 e. The Morgan fingerprint density at radius 3 is 2.45 bits per heavy atom. The maximum atomic E-state index is 12.4. The van der Waals surface area contributed by atoms with Crippen molar-refractivity contribution in [1.82, 2.24) is 9.88 Å². The van der Waals surface area contributed by atoms with Crippen LogP contribution in [0.25, 0.3) is 0 Å². The summed E-state index contributed by atoms with van der Waals surface area (Å²) in [7, 11) is 0. The van der Waals surface area contributed by atoms with E-state index >= 15 is 0 Å². The van der Waals surface area contributed by atoms with Crippen molar-refractivity contribution in [3.05, 3.63) is 58.3 Å². The molecule has 20 heavy (non-hydrogen) atoms. The van der Waals surface area contributed by atoms with Crippen LogP contribution in [0.15, 0.2) is 47.1 Å². The quantitative estimate of drug-likeness (QED) is 0.887. The van der Waals surface area contributed by atoms with Crippen LogP contribution in [-0.4, -0.2) is 10.5 Å². The van der Waals surface area contributed by atoms with Gasteiger partial charge in [-0.3, -0.25) is 4.79 Å². The fourth-order valence-electron chi connectivity index (χ4n) is 2.15. The Bertz CT molecular complexity index is 590. The topological polar surface area (TPSA) is 34.0 Å². The first-order chi connectivity index (χ1) is 9.49. The number of halogens is 1. The third-order valence-corrected chi connectivity index (χ3v) is 3.69. The molecule has 2 rings (SSSR count). The second-order valence-electron chi connectivity index (χ2n) is 5.15. The minimum atomic E-state index is -0.0549. The zero-order chi connectivity index (χ0) is 14.7. The average molecular weight is 335 g/mol. The van der Waals surface area contributed by atoms with E-state index in [0.717, 1.165) is 10.0 Å². The molecule has 1 atom stereocenters. The van der Waals surface area contributed by atoms with E-state index in [2.05, 4.69) is 35.1 Å². The van der Waals surface area contributed by atoms with Gasteiger partial charge in [0.15, 0.2) is 0 Å². The highest BCUT2D eigenvalue weighted by Crippen LogP contribution is 2.20. The van der Waals surface area contributed by atoms with Gasteiger partial charge in [-0.25, -0.2) is 0 Å². The van der Waals surface area contributed by atoms with E-state index in [1.54, 1.807) is 0 Å². The number of amides is 1. The molecule has 0 spiro atoms. The maximum absolute atomic E-state index is 12.4. The van der Waals surface area contributed by atoms with Crippen molar-refractivity contribution in [3.8, 4) is 0 Å². The molecule has 0 aliphatic heterocycles. The zero-order valence-electron chi connectivity index (χ0n) is 11.9. The molecule has 1 amide bonds. The molecule has 0 aliphatic carbocycles. The Morgan fingerprint density at radius 1 is 1.20 bits per heavy atom. The monoisotopic (exact) mass is 334 g/mol. The van der Waals surface area contributed by atoms with Gasteiger partial charge in [0.2, 0.25) is 0 Å². The van der Waals surface area contributed by atoms with Crippen molar-refractivity contribution in [2.75, 3.05) is 0 Å². The Labute approximate surface area is 128 Å². The molecule has 2 aromatic rings. The normalized spacial score (nSPS) is 12.4. The molecule has 0 bridgehead atoms. The van der Waals surface area contributed by atoms with Gasteiger partial charge in [-0.05, 0) is 48.3 Å². The summed E-state index contributed by atoms with van der Waals surface area (Å²) >= 11 is 3.43. The van der Waals surface area contributed by atoms with Crippen LogP contribution in [-0.2, 0) is 0 Å². The van der Waals surface area contributed by atoms with E-state index in [1.165, 1.54) is 0 Å². The molecular weight excluding hydrogens is 316 g/mol. The Kier molecular flexibility index (Phi) is 4.65. The second kappa shape index (κ2) is 6.27. The van der Waals surface area contributed by atoms with Gasteiger partial charge in [-0.2, -0.15) is 0 Å². The van der Waals surface area contributed by atoms with Crippen molar-refractivity contribution < 1.29 is 4.79 Å². The number of carbonyl (C=O) groups excluding carboxylic acids is 1. The van der Waals surface area contributed by atoms with Crippen LogP contribution < -0.4 is 5.32 Å². The first kappa shape index (κ1) is 14.9. The zero-order valence-corrected chi connectivity index (χ0v) is 13.5. The minimum absolute atomic E-state index is 0.0158. The fourth-order valence-corrected chi connectivity index (χ4v) is 2.59. The Morgan fingerprint density at radius 2 is 1.85 bits per heavy atom. The summed E-state index contributed by atoms with van der Waals surface area (Å²) in [4.78, 5) is 12.4. The van der Waals surface area contributed by atoms with Crippen molar-refractivity contribution in [2.45, 2.75) is 32.9 Å². The smallest absolute Gasteiger partial charge is 0.268 e. The van der Waals surface area contributed by atoms with E-state index in [1.807, 2.05) is 54.1 Å². The number of nitrogens with one attached hydrogen (secondary N) is 1. The predicted octanol–water partition coefficient (Wildman–Crippen LogP) is 4.32. The van der Waals surface area contributed by atoms with E-state index in [0.29, 0.717) is 5.69 Å². The molecule has 1 aromatic heterocycles. The number of nitrogens with zero attached hydrogens (tertiary/aromatic N) is 1. The van der Waals surface area contributed by atoms with Crippen molar-refractivity contribution in [2.24, 2.45) is 0 Å². The summed E-state index contributed by atoms with van der Waals surface area (Å²) in [6, 6.07) is 12.0. The SMILES string of the molecule is CC(C)n1cc(Br)cc1C(=O)N[C@H](C)c1ccccc1. The fraction of sp³-hybridized carbons (Fsp3) is 0.312. The van der Waals surface area contributed by atoms with Crippen LogP contribution in [0.2, 0.25) is 0 Å². The lowest BCUT2D eigenvalue weighted by atomic mass is 10.1. The van der Waals surface area contributed by atoms with Crippen LogP contribution in [0, 0.1) is 0 Å². The molecule has 4 heteroatoms. The summed E-state index contributed by atoms with van der Waals surface area (Å²) < 4.78 is 2.89. The lowest BCUT2D eigenvalue weighted by molar-refractivity contribution is 0.0929. The molecule has 3 nitrogen and oxygen atoms in total. The van der Waals surface area contributed by atoms with E-state index < -0.39 is 0 Å². The number of benzene rings is 1. The van der Waals surface area contributed by atoms with Gasteiger partial charge in [0.05, 0.1) is 6.04 Å². The molecular formula is C16H19BrN2O. The van der Waals surface area contributed by atoms with Crippen LogP contribution in [0.1, 0.15) is 48.9 Å². The second-order valence-corrected chi connectivity index (χ2v) is 6.07. The van der Waals surface area contributed by atoms with Crippen LogP contribution in [0.3, 0.4) is 0 Å². The van der Waals surface area contributed by atoms with Crippen LogP contribution in [0.4, 0.5) is 0 Å². The molecule has 0 unspecified atom stereocenters. The third-order valence-electron chi connectivity index (χ3n) is 3.25. The van der Waals surface area contributed by atoms with Crippen molar-refractivity contribution >= 4 is 21.8 Å². The summed E-state index contributed by atoms with van der Waals surface area (Å²) in [5, 5.41) is 3.04. The third kappa shape index (κ3) is 3.31. The van der Waals surface area contributed by atoms with Crippen molar-refractivity contribution in [1.29, 1.82) is 0 Å². The van der Waals surface area contributed by atoms with E-state index in [-0.39, 0.29) is 18.0 Å². The minimum Gasteiger partial charge on any atom is -0.344 e. The lowest BCUT2D eigenvalue weighted by Gasteiger charge is -2.17. The number of aromatic nitrogens is 1. The molecule has 1 N–H and O–H groups in total. The molecule has 1 aromatic carbocycles. The number of carbonyl (C=O) groups is 1. The highest BCUT2D eigenvalue weighted by atomic mass is 79.9. The van der Waals surface area contributed by atoms with Gasteiger partial charge >= 0.3 is 0 Å².